The van der Waals surface area contributed by atoms with E-state index in [1.165, 1.54) is 13.0 Å². The Hall–Kier alpha value is -2.50. The van der Waals surface area contributed by atoms with E-state index in [9.17, 15) is 9.18 Å². The maximum Gasteiger partial charge on any atom is 0.225 e. The average Bonchev–Trinajstić information content (AvgIpc) is 2.55. The first-order chi connectivity index (χ1) is 10.7. The SMILES string of the molecule is CC(=O)c1c(F)cccc1N1CCN(c2ncccn2)CC1. The predicted octanol–water partition coefficient (Wildman–Crippen LogP) is 2.14. The fraction of sp³-hybridized carbons (Fsp3) is 0.312. The Labute approximate surface area is 128 Å². The molecule has 0 bridgehead atoms. The van der Waals surface area contributed by atoms with Crippen molar-refractivity contribution in [2.45, 2.75) is 6.92 Å². The zero-order chi connectivity index (χ0) is 15.5. The second-order valence-electron chi connectivity index (χ2n) is 5.21. The largest absolute Gasteiger partial charge is 0.367 e. The van der Waals surface area contributed by atoms with E-state index in [1.54, 1.807) is 30.6 Å². The summed E-state index contributed by atoms with van der Waals surface area (Å²) >= 11 is 0. The van der Waals surface area contributed by atoms with Gasteiger partial charge in [-0.05, 0) is 25.1 Å². The van der Waals surface area contributed by atoms with Crippen LogP contribution in [0, 0.1) is 5.82 Å². The molecule has 1 aromatic carbocycles. The first-order valence-electron chi connectivity index (χ1n) is 7.23. The Morgan fingerprint density at radius 1 is 1.05 bits per heavy atom. The highest BCUT2D eigenvalue weighted by Crippen LogP contribution is 2.25. The predicted molar refractivity (Wildman–Crippen MR) is 82.9 cm³/mol. The molecule has 114 valence electrons. The van der Waals surface area contributed by atoms with E-state index < -0.39 is 5.82 Å². The number of rotatable bonds is 3. The van der Waals surface area contributed by atoms with Crippen LogP contribution >= 0.6 is 0 Å². The summed E-state index contributed by atoms with van der Waals surface area (Å²) in [6, 6.07) is 6.55. The molecule has 6 heteroatoms. The Bertz CT molecular complexity index is 669. The van der Waals surface area contributed by atoms with E-state index in [-0.39, 0.29) is 11.3 Å². The van der Waals surface area contributed by atoms with E-state index in [0.29, 0.717) is 24.7 Å². The molecule has 0 saturated carbocycles. The van der Waals surface area contributed by atoms with Gasteiger partial charge in [-0.2, -0.15) is 0 Å². The molecule has 0 spiro atoms. The lowest BCUT2D eigenvalue weighted by Gasteiger charge is -2.36. The minimum atomic E-state index is -0.459. The molecular weight excluding hydrogens is 283 g/mol. The molecule has 1 fully saturated rings. The number of hydrogen-bond acceptors (Lipinski definition) is 5. The van der Waals surface area contributed by atoms with Crippen LogP contribution in [0.25, 0.3) is 0 Å². The van der Waals surface area contributed by atoms with Crippen LogP contribution in [0.1, 0.15) is 17.3 Å². The summed E-state index contributed by atoms with van der Waals surface area (Å²) in [7, 11) is 0. The molecule has 1 aliphatic heterocycles. The lowest BCUT2D eigenvalue weighted by Crippen LogP contribution is -2.47. The Morgan fingerprint density at radius 2 is 1.68 bits per heavy atom. The van der Waals surface area contributed by atoms with Gasteiger partial charge in [0.25, 0.3) is 0 Å². The molecule has 1 aliphatic rings. The smallest absolute Gasteiger partial charge is 0.225 e. The van der Waals surface area contributed by atoms with Crippen molar-refractivity contribution in [2.24, 2.45) is 0 Å². The molecule has 0 N–H and O–H groups in total. The topological polar surface area (TPSA) is 49.3 Å². The van der Waals surface area contributed by atoms with E-state index in [1.807, 2.05) is 4.90 Å². The van der Waals surface area contributed by atoms with Gasteiger partial charge in [0.05, 0.1) is 11.3 Å². The van der Waals surface area contributed by atoms with Crippen LogP contribution in [-0.2, 0) is 0 Å². The molecule has 3 rings (SSSR count). The summed E-state index contributed by atoms with van der Waals surface area (Å²) in [4.78, 5) is 24.3. The van der Waals surface area contributed by atoms with Gasteiger partial charge >= 0.3 is 0 Å². The molecule has 0 unspecified atom stereocenters. The minimum Gasteiger partial charge on any atom is -0.367 e. The van der Waals surface area contributed by atoms with Gasteiger partial charge < -0.3 is 9.80 Å². The fourth-order valence-corrected chi connectivity index (χ4v) is 2.73. The van der Waals surface area contributed by atoms with Gasteiger partial charge in [0, 0.05) is 38.6 Å². The van der Waals surface area contributed by atoms with Crippen LogP contribution in [0.4, 0.5) is 16.0 Å². The number of hydrogen-bond donors (Lipinski definition) is 0. The molecule has 2 aromatic rings. The summed E-state index contributed by atoms with van der Waals surface area (Å²) in [6.07, 6.45) is 3.43. The van der Waals surface area contributed by atoms with E-state index in [0.717, 1.165) is 13.1 Å². The summed E-state index contributed by atoms with van der Waals surface area (Å²) < 4.78 is 13.9. The van der Waals surface area contributed by atoms with Gasteiger partial charge in [0.15, 0.2) is 5.78 Å². The molecule has 1 saturated heterocycles. The lowest BCUT2D eigenvalue weighted by molar-refractivity contribution is 0.101. The Kier molecular flexibility index (Phi) is 4.00. The van der Waals surface area contributed by atoms with Crippen molar-refractivity contribution < 1.29 is 9.18 Å². The van der Waals surface area contributed by atoms with Gasteiger partial charge in [-0.25, -0.2) is 14.4 Å². The number of carbonyl (C=O) groups is 1. The van der Waals surface area contributed by atoms with Crippen molar-refractivity contribution in [3.05, 3.63) is 48.0 Å². The highest BCUT2D eigenvalue weighted by Gasteiger charge is 2.23. The third-order valence-electron chi connectivity index (χ3n) is 3.80. The number of anilines is 2. The van der Waals surface area contributed by atoms with Crippen LogP contribution in [0.2, 0.25) is 0 Å². The summed E-state index contributed by atoms with van der Waals surface area (Å²) in [6.45, 7) is 4.26. The monoisotopic (exact) mass is 300 g/mol. The minimum absolute atomic E-state index is 0.173. The molecule has 0 amide bonds. The Morgan fingerprint density at radius 3 is 2.32 bits per heavy atom. The van der Waals surface area contributed by atoms with Gasteiger partial charge in [-0.15, -0.1) is 0 Å². The zero-order valence-corrected chi connectivity index (χ0v) is 12.4. The lowest BCUT2D eigenvalue weighted by atomic mass is 10.1. The first kappa shape index (κ1) is 14.4. The van der Waals surface area contributed by atoms with Crippen molar-refractivity contribution in [1.29, 1.82) is 0 Å². The van der Waals surface area contributed by atoms with E-state index in [2.05, 4.69) is 14.9 Å². The fourth-order valence-electron chi connectivity index (χ4n) is 2.73. The summed E-state index contributed by atoms with van der Waals surface area (Å²) in [5.41, 5.74) is 0.841. The second kappa shape index (κ2) is 6.09. The number of halogens is 1. The van der Waals surface area contributed by atoms with Crippen LogP contribution in [0.3, 0.4) is 0 Å². The third-order valence-corrected chi connectivity index (χ3v) is 3.80. The number of carbonyl (C=O) groups excluding carboxylic acids is 1. The molecule has 0 aliphatic carbocycles. The zero-order valence-electron chi connectivity index (χ0n) is 12.4. The molecule has 5 nitrogen and oxygen atoms in total. The number of Topliss-reactive ketones (excluding diaryl/α,β-unsaturated/α-hetero) is 1. The first-order valence-corrected chi connectivity index (χ1v) is 7.23. The van der Waals surface area contributed by atoms with Crippen molar-refractivity contribution >= 4 is 17.4 Å². The maximum absolute atomic E-state index is 13.9. The van der Waals surface area contributed by atoms with Crippen LogP contribution in [0.5, 0.6) is 0 Å². The second-order valence-corrected chi connectivity index (χ2v) is 5.21. The average molecular weight is 300 g/mol. The molecule has 0 atom stereocenters. The van der Waals surface area contributed by atoms with Crippen LogP contribution < -0.4 is 9.80 Å². The number of ketones is 1. The number of piperazine rings is 1. The quantitative estimate of drug-likeness (QED) is 0.813. The van der Waals surface area contributed by atoms with E-state index in [4.69, 9.17) is 0 Å². The standard InChI is InChI=1S/C16H17FN4O/c1-12(22)15-13(17)4-2-5-14(15)20-8-10-21(11-9-20)16-18-6-3-7-19-16/h2-7H,8-11H2,1H3. The van der Waals surface area contributed by atoms with Gasteiger partial charge in [0.2, 0.25) is 5.95 Å². The van der Waals surface area contributed by atoms with Crippen molar-refractivity contribution in [2.75, 3.05) is 36.0 Å². The van der Waals surface area contributed by atoms with Gasteiger partial charge in [-0.3, -0.25) is 4.79 Å². The highest BCUT2D eigenvalue weighted by atomic mass is 19.1. The van der Waals surface area contributed by atoms with Crippen LogP contribution in [0.15, 0.2) is 36.7 Å². The van der Waals surface area contributed by atoms with Crippen molar-refractivity contribution in [1.82, 2.24) is 9.97 Å². The summed E-state index contributed by atoms with van der Waals surface area (Å²) in [5, 5.41) is 0. The third kappa shape index (κ3) is 2.77. The number of benzene rings is 1. The normalized spacial score (nSPS) is 15.0. The van der Waals surface area contributed by atoms with Crippen molar-refractivity contribution in [3.63, 3.8) is 0 Å². The molecular formula is C16H17FN4O. The van der Waals surface area contributed by atoms with E-state index >= 15 is 0 Å². The number of nitrogens with zero attached hydrogens (tertiary/aromatic N) is 4. The Balaban J connectivity index is 1.77. The molecule has 2 heterocycles. The van der Waals surface area contributed by atoms with Crippen molar-refractivity contribution in [3.8, 4) is 0 Å². The van der Waals surface area contributed by atoms with Gasteiger partial charge in [0.1, 0.15) is 5.82 Å². The van der Waals surface area contributed by atoms with Gasteiger partial charge in [-0.1, -0.05) is 6.07 Å². The highest BCUT2D eigenvalue weighted by molar-refractivity contribution is 6.00. The number of aromatic nitrogens is 2. The molecule has 0 radical (unpaired) electrons. The maximum atomic E-state index is 13.9. The van der Waals surface area contributed by atoms with Crippen LogP contribution in [-0.4, -0.2) is 41.9 Å². The molecule has 22 heavy (non-hydrogen) atoms. The molecule has 1 aromatic heterocycles. The summed E-state index contributed by atoms with van der Waals surface area (Å²) in [5.74, 6) is -0.00562.